The van der Waals surface area contributed by atoms with E-state index in [0.717, 1.165) is 12.1 Å². The molecule has 0 fully saturated rings. The van der Waals surface area contributed by atoms with Crippen LogP contribution in [0.25, 0.3) is 10.8 Å². The Morgan fingerprint density at radius 1 is 0.964 bits per heavy atom. The van der Waals surface area contributed by atoms with E-state index in [1.54, 1.807) is 0 Å². The number of amides is 1. The first-order valence-electron chi connectivity index (χ1n) is 7.16. The van der Waals surface area contributed by atoms with Gasteiger partial charge in [0.15, 0.2) is 0 Å². The second-order valence-electron chi connectivity index (χ2n) is 5.44. The van der Waals surface area contributed by atoms with E-state index >= 15 is 0 Å². The largest absolute Gasteiger partial charge is 0.481 e. The molecule has 0 bridgehead atoms. The van der Waals surface area contributed by atoms with Gasteiger partial charge in [0.25, 0.3) is 20.2 Å². The second-order valence-corrected chi connectivity index (χ2v) is 8.26. The molecule has 152 valence electrons. The molecular weight excluding hydrogens is 418 g/mol. The molecule has 0 saturated heterocycles. The summed E-state index contributed by atoms with van der Waals surface area (Å²) in [5, 5.41) is 7.85. The number of carboxylic acid groups (broad SMARTS) is 1. The quantitative estimate of drug-likeness (QED) is 0.379. The van der Waals surface area contributed by atoms with Crippen molar-refractivity contribution < 1.29 is 45.4 Å². The van der Waals surface area contributed by atoms with Crippen molar-refractivity contribution in [3.8, 4) is 0 Å². The highest BCUT2D eigenvalue weighted by molar-refractivity contribution is 7.86. The van der Waals surface area contributed by atoms with Crippen LogP contribution in [0.2, 0.25) is 0 Å². The predicted molar refractivity (Wildman–Crippen MR) is 95.0 cm³/mol. The Morgan fingerprint density at radius 2 is 1.54 bits per heavy atom. The van der Waals surface area contributed by atoms with E-state index in [0.29, 0.717) is 6.07 Å². The van der Waals surface area contributed by atoms with Crippen LogP contribution in [0.1, 0.15) is 23.7 Å². The summed E-state index contributed by atoms with van der Waals surface area (Å²) in [5.41, 5.74) is 5.06. The molecule has 13 heteroatoms. The van der Waals surface area contributed by atoms with Crippen LogP contribution >= 0.6 is 0 Å². The Labute approximate surface area is 159 Å². The normalized spacial score (nSPS) is 11.4. The smallest absolute Gasteiger partial charge is 0.310 e. The second kappa shape index (κ2) is 8.43. The lowest BCUT2D eigenvalue weighted by molar-refractivity contribution is -0.139. The van der Waals surface area contributed by atoms with Crippen molar-refractivity contribution in [1.29, 1.82) is 0 Å². The number of hydrogen-bond acceptors (Lipinski definition) is 7. The summed E-state index contributed by atoms with van der Waals surface area (Å²) in [6.45, 7) is 1.24. The SMILES string of the molecule is CC(=O)CC(=O)O.NC(=O)c1ccc2cc(S(=O)(=O)O)cc(S(=O)(=O)O)c2c1. The summed E-state index contributed by atoms with van der Waals surface area (Å²) >= 11 is 0. The average Bonchev–Trinajstić information content (AvgIpc) is 2.50. The van der Waals surface area contributed by atoms with Crippen molar-refractivity contribution in [1.82, 2.24) is 0 Å². The van der Waals surface area contributed by atoms with E-state index < -0.39 is 41.9 Å². The fraction of sp³-hybridized carbons (Fsp3) is 0.133. The lowest BCUT2D eigenvalue weighted by Gasteiger charge is -2.08. The highest BCUT2D eigenvalue weighted by Gasteiger charge is 2.21. The first-order valence-corrected chi connectivity index (χ1v) is 10.0. The molecule has 0 aromatic heterocycles. The Hall–Kier alpha value is -2.87. The molecule has 0 spiro atoms. The molecule has 5 N–H and O–H groups in total. The van der Waals surface area contributed by atoms with Crippen LogP contribution in [0.15, 0.2) is 40.1 Å². The molecule has 2 rings (SSSR count). The molecule has 0 saturated carbocycles. The summed E-state index contributed by atoms with van der Waals surface area (Å²) < 4.78 is 63.2. The van der Waals surface area contributed by atoms with Crippen LogP contribution < -0.4 is 5.73 Å². The molecule has 0 atom stereocenters. The van der Waals surface area contributed by atoms with Crippen molar-refractivity contribution in [3.63, 3.8) is 0 Å². The van der Waals surface area contributed by atoms with E-state index in [2.05, 4.69) is 0 Å². The van der Waals surface area contributed by atoms with Gasteiger partial charge in [-0.25, -0.2) is 0 Å². The van der Waals surface area contributed by atoms with Gasteiger partial charge in [-0.15, -0.1) is 0 Å². The maximum absolute atomic E-state index is 11.4. The van der Waals surface area contributed by atoms with E-state index in [1.165, 1.54) is 19.1 Å². The van der Waals surface area contributed by atoms with Crippen LogP contribution in [-0.2, 0) is 29.8 Å². The first kappa shape index (κ1) is 23.2. The van der Waals surface area contributed by atoms with Gasteiger partial charge in [0.2, 0.25) is 5.91 Å². The van der Waals surface area contributed by atoms with Gasteiger partial charge in [-0.2, -0.15) is 16.8 Å². The number of hydrogen-bond donors (Lipinski definition) is 4. The summed E-state index contributed by atoms with van der Waals surface area (Å²) in [5.74, 6) is -2.20. The van der Waals surface area contributed by atoms with E-state index in [1.807, 2.05) is 0 Å². The number of primary amides is 1. The van der Waals surface area contributed by atoms with Crippen molar-refractivity contribution >= 4 is 48.7 Å². The summed E-state index contributed by atoms with van der Waals surface area (Å²) in [7, 11) is -9.45. The summed E-state index contributed by atoms with van der Waals surface area (Å²) in [4.78, 5) is 29.1. The lowest BCUT2D eigenvalue weighted by Crippen LogP contribution is -2.11. The topological polar surface area (TPSA) is 206 Å². The Kier molecular flexibility index (Phi) is 6.98. The number of benzene rings is 2. The number of fused-ring (bicyclic) bond motifs is 1. The minimum Gasteiger partial charge on any atom is -0.481 e. The van der Waals surface area contributed by atoms with Crippen molar-refractivity contribution in [2.45, 2.75) is 23.1 Å². The molecule has 0 aliphatic carbocycles. The highest BCUT2D eigenvalue weighted by Crippen LogP contribution is 2.28. The number of carbonyl (C=O) groups is 3. The fourth-order valence-electron chi connectivity index (χ4n) is 2.03. The van der Waals surface area contributed by atoms with E-state index in [4.69, 9.17) is 15.4 Å². The molecule has 0 aliphatic heterocycles. The fourth-order valence-corrected chi connectivity index (χ4v) is 3.37. The van der Waals surface area contributed by atoms with Gasteiger partial charge in [0, 0.05) is 10.9 Å². The summed E-state index contributed by atoms with van der Waals surface area (Å²) in [6.07, 6.45) is -0.361. The van der Waals surface area contributed by atoms with Gasteiger partial charge in [0.05, 0.1) is 4.90 Å². The number of rotatable bonds is 5. The first-order chi connectivity index (χ1) is 12.6. The number of carbonyl (C=O) groups excluding carboxylic acids is 2. The summed E-state index contributed by atoms with van der Waals surface area (Å²) in [6, 6.07) is 5.21. The molecule has 2 aromatic rings. The highest BCUT2D eigenvalue weighted by atomic mass is 32.2. The average molecular weight is 433 g/mol. The minimum atomic E-state index is -4.78. The molecule has 0 radical (unpaired) electrons. The third-order valence-corrected chi connectivity index (χ3v) is 4.88. The number of aliphatic carboxylic acids is 1. The Bertz CT molecular complexity index is 1150. The number of carboxylic acids is 1. The van der Waals surface area contributed by atoms with Crippen molar-refractivity contribution in [2.75, 3.05) is 0 Å². The van der Waals surface area contributed by atoms with Gasteiger partial charge in [-0.3, -0.25) is 23.5 Å². The zero-order valence-electron chi connectivity index (χ0n) is 14.2. The zero-order chi connectivity index (χ0) is 21.9. The van der Waals surface area contributed by atoms with Crippen LogP contribution in [-0.4, -0.2) is 48.7 Å². The van der Waals surface area contributed by atoms with E-state index in [9.17, 15) is 35.8 Å². The Morgan fingerprint density at radius 3 is 1.89 bits per heavy atom. The van der Waals surface area contributed by atoms with Gasteiger partial charge < -0.3 is 10.8 Å². The molecule has 0 aliphatic rings. The monoisotopic (exact) mass is 433 g/mol. The predicted octanol–water partition coefficient (Wildman–Crippen LogP) is 0.482. The molecule has 0 unspecified atom stereocenters. The van der Waals surface area contributed by atoms with Crippen LogP contribution in [0, 0.1) is 0 Å². The van der Waals surface area contributed by atoms with Gasteiger partial charge in [-0.05, 0) is 36.6 Å². The zero-order valence-corrected chi connectivity index (χ0v) is 15.8. The number of ketones is 1. The number of nitrogens with two attached hydrogens (primary N) is 1. The van der Waals surface area contributed by atoms with E-state index in [-0.39, 0.29) is 28.5 Å². The maximum Gasteiger partial charge on any atom is 0.310 e. The molecular formula is C15H15NO10S2. The van der Waals surface area contributed by atoms with Gasteiger partial charge in [0.1, 0.15) is 17.1 Å². The maximum atomic E-state index is 11.4. The molecule has 28 heavy (non-hydrogen) atoms. The van der Waals surface area contributed by atoms with Crippen LogP contribution in [0.3, 0.4) is 0 Å². The van der Waals surface area contributed by atoms with Gasteiger partial charge >= 0.3 is 5.97 Å². The molecule has 0 heterocycles. The Balaban J connectivity index is 0.000000480. The van der Waals surface area contributed by atoms with Crippen LogP contribution in [0.5, 0.6) is 0 Å². The molecule has 1 amide bonds. The molecule has 11 nitrogen and oxygen atoms in total. The third-order valence-electron chi connectivity index (χ3n) is 3.15. The minimum absolute atomic E-state index is 0.0213. The standard InChI is InChI=1S/C11H9NO7S2.C4H6O3/c12-11(13)7-2-1-6-3-8(20(14,15)16)5-10(9(6)4-7)21(17,18)19;1-3(5)2-4(6)7/h1-5H,(H2,12,13)(H,14,15,16)(H,17,18,19);2H2,1H3,(H,6,7). The van der Waals surface area contributed by atoms with Crippen LogP contribution in [0.4, 0.5) is 0 Å². The third kappa shape index (κ3) is 6.38. The lowest BCUT2D eigenvalue weighted by atomic mass is 10.1. The van der Waals surface area contributed by atoms with Crippen molar-refractivity contribution in [2.24, 2.45) is 5.73 Å². The van der Waals surface area contributed by atoms with Gasteiger partial charge in [-0.1, -0.05) is 6.07 Å². The van der Waals surface area contributed by atoms with Crippen molar-refractivity contribution in [3.05, 3.63) is 35.9 Å². The number of Topliss-reactive ketones (excluding diaryl/α,β-unsaturated/α-hetero) is 1. The molecule has 2 aromatic carbocycles.